The second-order valence-corrected chi connectivity index (χ2v) is 7.92. The van der Waals surface area contributed by atoms with Gasteiger partial charge in [0, 0.05) is 16.5 Å². The van der Waals surface area contributed by atoms with Crippen molar-refractivity contribution in [2.24, 2.45) is 0 Å². The summed E-state index contributed by atoms with van der Waals surface area (Å²) in [5, 5.41) is 8.61. The van der Waals surface area contributed by atoms with Gasteiger partial charge in [-0.1, -0.05) is 127 Å². The zero-order chi connectivity index (χ0) is 22.3. The SMILES string of the molecule is c1ccc(-c2ccccc2)cc1.c1ccc(Nc2c3ccccc3cc3ccccc23)cc1. The molecule has 6 aromatic carbocycles. The summed E-state index contributed by atoms with van der Waals surface area (Å²) in [5.74, 6) is 0. The van der Waals surface area contributed by atoms with E-state index in [0.717, 1.165) is 5.69 Å². The van der Waals surface area contributed by atoms with Crippen molar-refractivity contribution in [3.8, 4) is 11.1 Å². The van der Waals surface area contributed by atoms with E-state index >= 15 is 0 Å². The average molecular weight is 424 g/mol. The highest BCUT2D eigenvalue weighted by Crippen LogP contribution is 2.34. The van der Waals surface area contributed by atoms with Crippen molar-refractivity contribution < 1.29 is 0 Å². The van der Waals surface area contributed by atoms with E-state index in [4.69, 9.17) is 0 Å². The minimum atomic E-state index is 1.11. The molecule has 0 aromatic heterocycles. The number of fused-ring (bicyclic) bond motifs is 2. The molecule has 0 aliphatic rings. The van der Waals surface area contributed by atoms with Crippen molar-refractivity contribution in [3.63, 3.8) is 0 Å². The zero-order valence-corrected chi connectivity index (χ0v) is 18.4. The summed E-state index contributed by atoms with van der Waals surface area (Å²) in [5.41, 5.74) is 4.84. The molecule has 0 fully saturated rings. The van der Waals surface area contributed by atoms with Gasteiger partial charge in [-0.05, 0) is 40.1 Å². The molecule has 6 rings (SSSR count). The van der Waals surface area contributed by atoms with Gasteiger partial charge in [0.15, 0.2) is 0 Å². The predicted molar refractivity (Wildman–Crippen MR) is 143 cm³/mol. The quantitative estimate of drug-likeness (QED) is 0.280. The Kier molecular flexibility index (Phi) is 6.13. The minimum absolute atomic E-state index is 1.11. The summed E-state index contributed by atoms with van der Waals surface area (Å²) in [6.07, 6.45) is 0. The van der Waals surface area contributed by atoms with Crippen LogP contribution in [0.3, 0.4) is 0 Å². The van der Waals surface area contributed by atoms with Gasteiger partial charge in [-0.15, -0.1) is 0 Å². The van der Waals surface area contributed by atoms with Crippen molar-refractivity contribution in [3.05, 3.63) is 146 Å². The number of para-hydroxylation sites is 1. The Morgan fingerprint density at radius 1 is 0.364 bits per heavy atom. The number of rotatable bonds is 3. The standard InChI is InChI=1S/C20H15N.C12H10/c1-2-10-17(11-3-1)21-20-18-12-6-4-8-15(18)14-16-9-5-7-13-19(16)20;1-3-7-11(8-4-1)12-9-5-2-6-10-12/h1-14,21H;1-10H. The molecule has 6 aromatic rings. The molecule has 33 heavy (non-hydrogen) atoms. The molecule has 1 heteroatoms. The molecule has 0 atom stereocenters. The van der Waals surface area contributed by atoms with Crippen LogP contribution in [0.4, 0.5) is 11.4 Å². The molecule has 0 saturated carbocycles. The first-order chi connectivity index (χ1) is 16.4. The molecule has 158 valence electrons. The fourth-order valence-corrected chi connectivity index (χ4v) is 4.08. The van der Waals surface area contributed by atoms with E-state index in [0.29, 0.717) is 0 Å². The summed E-state index contributed by atoms with van der Waals surface area (Å²) >= 11 is 0. The second-order valence-electron chi connectivity index (χ2n) is 7.92. The lowest BCUT2D eigenvalue weighted by Gasteiger charge is -2.13. The maximum atomic E-state index is 3.59. The van der Waals surface area contributed by atoms with Crippen molar-refractivity contribution in [2.45, 2.75) is 0 Å². The van der Waals surface area contributed by atoms with Gasteiger partial charge >= 0.3 is 0 Å². The minimum Gasteiger partial charge on any atom is -0.355 e. The van der Waals surface area contributed by atoms with Gasteiger partial charge in [0.1, 0.15) is 0 Å². The van der Waals surface area contributed by atoms with Crippen LogP contribution in [0.25, 0.3) is 32.7 Å². The van der Waals surface area contributed by atoms with Gasteiger partial charge in [0.25, 0.3) is 0 Å². The number of hydrogen-bond donors (Lipinski definition) is 1. The van der Waals surface area contributed by atoms with E-state index in [1.165, 1.54) is 38.4 Å². The Hall–Kier alpha value is -4.36. The topological polar surface area (TPSA) is 12.0 Å². The molecule has 1 nitrogen and oxygen atoms in total. The van der Waals surface area contributed by atoms with E-state index in [1.54, 1.807) is 0 Å². The first kappa shape index (κ1) is 20.5. The Balaban J connectivity index is 0.000000162. The highest BCUT2D eigenvalue weighted by atomic mass is 14.9. The molecule has 0 saturated heterocycles. The van der Waals surface area contributed by atoms with Crippen molar-refractivity contribution in [1.29, 1.82) is 0 Å². The molecule has 1 N–H and O–H groups in total. The fraction of sp³-hybridized carbons (Fsp3) is 0. The highest BCUT2D eigenvalue weighted by molar-refractivity contribution is 6.12. The molecule has 0 unspecified atom stereocenters. The van der Waals surface area contributed by atoms with Gasteiger partial charge in [-0.3, -0.25) is 0 Å². The molecule has 0 radical (unpaired) electrons. The molecule has 0 amide bonds. The van der Waals surface area contributed by atoms with Crippen LogP contribution in [0.2, 0.25) is 0 Å². The highest BCUT2D eigenvalue weighted by Gasteiger charge is 2.07. The van der Waals surface area contributed by atoms with Gasteiger partial charge in [0.2, 0.25) is 0 Å². The van der Waals surface area contributed by atoms with E-state index in [9.17, 15) is 0 Å². The second kappa shape index (κ2) is 9.84. The van der Waals surface area contributed by atoms with Crippen molar-refractivity contribution in [2.75, 3.05) is 5.32 Å². The predicted octanol–water partition coefficient (Wildman–Crippen LogP) is 9.09. The maximum absolute atomic E-state index is 3.59. The average Bonchev–Trinajstić information content (AvgIpc) is 2.91. The van der Waals surface area contributed by atoms with Crippen LogP contribution in [-0.4, -0.2) is 0 Å². The third-order valence-electron chi connectivity index (χ3n) is 5.70. The fourth-order valence-electron chi connectivity index (χ4n) is 4.08. The summed E-state index contributed by atoms with van der Waals surface area (Å²) in [7, 11) is 0. The number of nitrogens with one attached hydrogen (secondary N) is 1. The van der Waals surface area contributed by atoms with Crippen LogP contribution in [0, 0.1) is 0 Å². The summed E-state index contributed by atoms with van der Waals surface area (Å²) in [4.78, 5) is 0. The molecular formula is C32H25N. The Bertz CT molecular complexity index is 1360. The van der Waals surface area contributed by atoms with Crippen LogP contribution >= 0.6 is 0 Å². The normalized spacial score (nSPS) is 10.4. The lowest BCUT2D eigenvalue weighted by atomic mass is 10.0. The molecule has 0 heterocycles. The van der Waals surface area contributed by atoms with Gasteiger partial charge in [0.05, 0.1) is 5.69 Å². The molecule has 0 aliphatic carbocycles. The third kappa shape index (κ3) is 4.78. The van der Waals surface area contributed by atoms with Gasteiger partial charge in [-0.25, -0.2) is 0 Å². The largest absolute Gasteiger partial charge is 0.355 e. The number of anilines is 2. The Labute approximate surface area is 195 Å². The Morgan fingerprint density at radius 2 is 0.758 bits per heavy atom. The van der Waals surface area contributed by atoms with Crippen LogP contribution in [0.1, 0.15) is 0 Å². The molecule has 0 spiro atoms. The molecule has 0 aliphatic heterocycles. The lowest BCUT2D eigenvalue weighted by Crippen LogP contribution is -1.93. The van der Waals surface area contributed by atoms with Gasteiger partial charge < -0.3 is 5.32 Å². The monoisotopic (exact) mass is 423 g/mol. The maximum Gasteiger partial charge on any atom is 0.0543 e. The first-order valence-corrected chi connectivity index (χ1v) is 11.2. The van der Waals surface area contributed by atoms with Crippen LogP contribution in [-0.2, 0) is 0 Å². The van der Waals surface area contributed by atoms with Crippen molar-refractivity contribution in [1.82, 2.24) is 0 Å². The molecule has 0 bridgehead atoms. The lowest BCUT2D eigenvalue weighted by molar-refractivity contribution is 1.60. The zero-order valence-electron chi connectivity index (χ0n) is 18.4. The van der Waals surface area contributed by atoms with Crippen LogP contribution in [0.15, 0.2) is 146 Å². The third-order valence-corrected chi connectivity index (χ3v) is 5.70. The Morgan fingerprint density at radius 3 is 1.24 bits per heavy atom. The van der Waals surface area contributed by atoms with E-state index in [1.807, 2.05) is 18.2 Å². The first-order valence-electron chi connectivity index (χ1n) is 11.2. The van der Waals surface area contributed by atoms with E-state index in [-0.39, 0.29) is 0 Å². The number of hydrogen-bond acceptors (Lipinski definition) is 1. The van der Waals surface area contributed by atoms with E-state index < -0.39 is 0 Å². The summed E-state index contributed by atoms with van der Waals surface area (Å²) in [6.45, 7) is 0. The smallest absolute Gasteiger partial charge is 0.0543 e. The van der Waals surface area contributed by atoms with Crippen molar-refractivity contribution >= 4 is 32.9 Å². The van der Waals surface area contributed by atoms with Gasteiger partial charge in [-0.2, -0.15) is 0 Å². The summed E-state index contributed by atoms with van der Waals surface area (Å²) < 4.78 is 0. The van der Waals surface area contributed by atoms with Crippen LogP contribution in [0.5, 0.6) is 0 Å². The van der Waals surface area contributed by atoms with Crippen LogP contribution < -0.4 is 5.32 Å². The molecular weight excluding hydrogens is 398 g/mol. The van der Waals surface area contributed by atoms with E-state index in [2.05, 4.69) is 133 Å². The number of benzene rings is 6. The summed E-state index contributed by atoms with van der Waals surface area (Å²) in [6, 6.07) is 50.4.